The van der Waals surface area contributed by atoms with Crippen LogP contribution in [0.15, 0.2) is 245 Å². The van der Waals surface area contributed by atoms with Gasteiger partial charge < -0.3 is 18.6 Å². The van der Waals surface area contributed by atoms with Crippen LogP contribution < -0.4 is 9.80 Å². The highest BCUT2D eigenvalue weighted by molar-refractivity contribution is 6.29. The average molecular weight is 951 g/mol. The Kier molecular flexibility index (Phi) is 9.94. The number of nitrogens with zero attached hydrogens (tertiary/aromatic N) is 2. The summed E-state index contributed by atoms with van der Waals surface area (Å²) in [4.78, 5) is 4.92. The Morgan fingerprint density at radius 1 is 0.311 bits per heavy atom. The summed E-state index contributed by atoms with van der Waals surface area (Å²) in [5, 5.41) is 11.7. The number of fused-ring (bicyclic) bond motifs is 6. The molecular formula is C70H50N2O2. The fraction of sp³-hybridized carbons (Fsp3) is 0.0857. The van der Waals surface area contributed by atoms with Gasteiger partial charge in [-0.05, 0) is 117 Å². The van der Waals surface area contributed by atoms with Crippen LogP contribution in [0.25, 0.3) is 98.4 Å². The number of rotatable bonds is 9. The van der Waals surface area contributed by atoms with Gasteiger partial charge in [0.05, 0.1) is 22.7 Å². The molecule has 2 aromatic heterocycles. The van der Waals surface area contributed by atoms with Crippen LogP contribution in [0.2, 0.25) is 0 Å². The maximum atomic E-state index is 7.00. The zero-order chi connectivity index (χ0) is 48.7. The SMILES string of the molecule is c1ccc(-c2cccc(N(c3cc(N(c4cccc(-c5ccccc5)c4)c4cccc5c4oc4ccccc45)c4ccc5cc(C6CCCCC6)cc6ccc3c4c65)c3cccc4c3oc3ccccc34)c2)cc1. The van der Waals surface area contributed by atoms with E-state index in [0.29, 0.717) is 5.92 Å². The van der Waals surface area contributed by atoms with Gasteiger partial charge in [0.1, 0.15) is 11.2 Å². The summed E-state index contributed by atoms with van der Waals surface area (Å²) in [6.45, 7) is 0. The second-order valence-corrected chi connectivity index (χ2v) is 20.2. The third-order valence-corrected chi connectivity index (χ3v) is 15.9. The van der Waals surface area contributed by atoms with Crippen molar-refractivity contribution in [2.45, 2.75) is 38.0 Å². The molecule has 14 aromatic rings. The molecule has 1 aliphatic rings. The zero-order valence-corrected chi connectivity index (χ0v) is 40.8. The van der Waals surface area contributed by atoms with E-state index in [1.807, 2.05) is 0 Å². The standard InChI is InChI=1S/C70H50N2O2/c1-4-18-45(19-5-1)48-24-14-26-53(42-48)71(61-32-16-30-57-55-28-10-12-34-65(55)73-69(57)61)63-44-64(60-39-37-51-41-52(47-22-8-3-9-23-47)40-50-36-38-59(63)68(60)67(50)51)72(54-27-15-25-49(43-54)46-20-6-2-7-21-46)62-33-17-31-58-56-29-11-13-35-66(56)74-70(58)62/h1-2,4-7,10-21,24-44,47H,3,8-9,22-23H2. The molecule has 15 rings (SSSR count). The molecule has 1 fully saturated rings. The second kappa shape index (κ2) is 17.3. The minimum atomic E-state index is 0.574. The summed E-state index contributed by atoms with van der Waals surface area (Å²) in [6, 6.07) is 86.4. The number of hydrogen-bond donors (Lipinski definition) is 0. The van der Waals surface area contributed by atoms with Crippen LogP contribution in [0, 0.1) is 0 Å². The van der Waals surface area contributed by atoms with E-state index < -0.39 is 0 Å². The third-order valence-electron chi connectivity index (χ3n) is 15.9. The molecule has 0 bridgehead atoms. The molecule has 0 saturated heterocycles. The molecule has 12 aromatic carbocycles. The van der Waals surface area contributed by atoms with Crippen LogP contribution in [0.3, 0.4) is 0 Å². The van der Waals surface area contributed by atoms with Gasteiger partial charge in [0.15, 0.2) is 11.2 Å². The Labute approximate surface area is 429 Å². The van der Waals surface area contributed by atoms with E-state index in [1.165, 1.54) is 59.2 Å². The van der Waals surface area contributed by atoms with Gasteiger partial charge in [-0.25, -0.2) is 0 Å². The van der Waals surface area contributed by atoms with Crippen LogP contribution in [-0.4, -0.2) is 0 Å². The number of furan rings is 2. The predicted octanol–water partition coefficient (Wildman–Crippen LogP) is 20.7. The molecule has 1 aliphatic carbocycles. The lowest BCUT2D eigenvalue weighted by Gasteiger charge is -2.32. The van der Waals surface area contributed by atoms with Crippen molar-refractivity contribution in [3.8, 4) is 22.3 Å². The van der Waals surface area contributed by atoms with E-state index >= 15 is 0 Å². The molecule has 74 heavy (non-hydrogen) atoms. The molecule has 2 heterocycles. The van der Waals surface area contributed by atoms with E-state index in [4.69, 9.17) is 8.83 Å². The van der Waals surface area contributed by atoms with E-state index in [-0.39, 0.29) is 0 Å². The molecule has 4 nitrogen and oxygen atoms in total. The number of para-hydroxylation sites is 4. The molecule has 1 saturated carbocycles. The van der Waals surface area contributed by atoms with E-state index in [1.54, 1.807) is 0 Å². The van der Waals surface area contributed by atoms with E-state index in [0.717, 1.165) is 111 Å². The van der Waals surface area contributed by atoms with Crippen molar-refractivity contribution in [2.75, 3.05) is 9.80 Å². The molecule has 0 aliphatic heterocycles. The Hall–Kier alpha value is -9.12. The fourth-order valence-corrected chi connectivity index (χ4v) is 12.5. The average Bonchev–Trinajstić information content (AvgIpc) is 4.06. The van der Waals surface area contributed by atoms with Crippen molar-refractivity contribution >= 4 is 110 Å². The highest BCUT2D eigenvalue weighted by atomic mass is 16.3. The Bertz CT molecular complexity index is 4160. The third kappa shape index (κ3) is 6.89. The van der Waals surface area contributed by atoms with Crippen molar-refractivity contribution < 1.29 is 8.83 Å². The van der Waals surface area contributed by atoms with Crippen molar-refractivity contribution in [2.24, 2.45) is 0 Å². The summed E-state index contributed by atoms with van der Waals surface area (Å²) in [6.07, 6.45) is 6.41. The predicted molar refractivity (Wildman–Crippen MR) is 311 cm³/mol. The molecule has 0 amide bonds. The molecular weight excluding hydrogens is 901 g/mol. The first-order chi connectivity index (χ1) is 36.7. The highest BCUT2D eigenvalue weighted by Gasteiger charge is 2.29. The van der Waals surface area contributed by atoms with Crippen molar-refractivity contribution in [3.63, 3.8) is 0 Å². The largest absolute Gasteiger partial charge is 0.454 e. The summed E-state index contributed by atoms with van der Waals surface area (Å²) >= 11 is 0. The molecule has 0 N–H and O–H groups in total. The summed E-state index contributed by atoms with van der Waals surface area (Å²) in [5.74, 6) is 0.574. The van der Waals surface area contributed by atoms with Crippen molar-refractivity contribution in [3.05, 3.63) is 242 Å². The van der Waals surface area contributed by atoms with Gasteiger partial charge >= 0.3 is 0 Å². The summed E-state index contributed by atoms with van der Waals surface area (Å²) in [5.41, 5.74) is 15.5. The first kappa shape index (κ1) is 42.6. The summed E-state index contributed by atoms with van der Waals surface area (Å²) in [7, 11) is 0. The summed E-state index contributed by atoms with van der Waals surface area (Å²) < 4.78 is 14.0. The molecule has 352 valence electrons. The van der Waals surface area contributed by atoms with Crippen LogP contribution in [0.1, 0.15) is 43.6 Å². The normalized spacial score (nSPS) is 13.4. The maximum absolute atomic E-state index is 7.00. The van der Waals surface area contributed by atoms with Gasteiger partial charge in [0.25, 0.3) is 0 Å². The molecule has 0 radical (unpaired) electrons. The minimum absolute atomic E-state index is 0.574. The van der Waals surface area contributed by atoms with Gasteiger partial charge in [-0.15, -0.1) is 0 Å². The lowest BCUT2D eigenvalue weighted by Crippen LogP contribution is -2.15. The van der Waals surface area contributed by atoms with E-state index in [9.17, 15) is 0 Å². The molecule has 0 unspecified atom stereocenters. The number of hydrogen-bond acceptors (Lipinski definition) is 4. The van der Waals surface area contributed by atoms with Gasteiger partial charge in [0, 0.05) is 49.1 Å². The van der Waals surface area contributed by atoms with Crippen molar-refractivity contribution in [1.82, 2.24) is 0 Å². The smallest absolute Gasteiger partial charge is 0.159 e. The maximum Gasteiger partial charge on any atom is 0.159 e. The Balaban J connectivity index is 1.08. The number of benzene rings is 12. The van der Waals surface area contributed by atoms with Gasteiger partial charge in [0.2, 0.25) is 0 Å². The van der Waals surface area contributed by atoms with Crippen LogP contribution in [-0.2, 0) is 0 Å². The lowest BCUT2D eigenvalue weighted by molar-refractivity contribution is 0.444. The van der Waals surface area contributed by atoms with Crippen LogP contribution in [0.5, 0.6) is 0 Å². The Morgan fingerprint density at radius 2 is 0.757 bits per heavy atom. The molecule has 0 atom stereocenters. The monoisotopic (exact) mass is 950 g/mol. The first-order valence-corrected chi connectivity index (χ1v) is 26.2. The van der Waals surface area contributed by atoms with Crippen LogP contribution >= 0.6 is 0 Å². The minimum Gasteiger partial charge on any atom is -0.454 e. The van der Waals surface area contributed by atoms with Crippen molar-refractivity contribution in [1.29, 1.82) is 0 Å². The second-order valence-electron chi connectivity index (χ2n) is 20.2. The Morgan fingerprint density at radius 3 is 1.27 bits per heavy atom. The quantitative estimate of drug-likeness (QED) is 0.135. The molecule has 0 spiro atoms. The van der Waals surface area contributed by atoms with Crippen LogP contribution in [0.4, 0.5) is 34.1 Å². The highest BCUT2D eigenvalue weighted by Crippen LogP contribution is 2.54. The van der Waals surface area contributed by atoms with Gasteiger partial charge in [-0.2, -0.15) is 0 Å². The molecule has 4 heteroatoms. The zero-order valence-electron chi connectivity index (χ0n) is 40.8. The fourth-order valence-electron chi connectivity index (χ4n) is 12.5. The lowest BCUT2D eigenvalue weighted by atomic mass is 9.82. The van der Waals surface area contributed by atoms with E-state index in [2.05, 4.69) is 246 Å². The van der Waals surface area contributed by atoms with Gasteiger partial charge in [-0.3, -0.25) is 0 Å². The number of anilines is 6. The van der Waals surface area contributed by atoms with Gasteiger partial charge in [-0.1, -0.05) is 201 Å². The topological polar surface area (TPSA) is 32.8 Å². The first-order valence-electron chi connectivity index (χ1n) is 26.2.